The molecule has 17 heavy (non-hydrogen) atoms. The highest BCUT2D eigenvalue weighted by Crippen LogP contribution is 2.28. The van der Waals surface area contributed by atoms with Gasteiger partial charge < -0.3 is 0 Å². The van der Waals surface area contributed by atoms with Gasteiger partial charge in [-0.15, -0.1) is 0 Å². The fourth-order valence-electron chi connectivity index (χ4n) is 1.86. The monoisotopic (exact) mass is 249 g/mol. The Morgan fingerprint density at radius 1 is 1.29 bits per heavy atom. The largest absolute Gasteiger partial charge is 0.242 e. The number of hydrogen-bond donors (Lipinski definition) is 1. The summed E-state index contributed by atoms with van der Waals surface area (Å²) in [6, 6.07) is 8.44. The van der Waals surface area contributed by atoms with Gasteiger partial charge in [-0.25, -0.2) is 8.93 Å². The standard InChI is InChI=1S/C14H19NOS/c1-14(2,3)17(16)15-13-10-6-8-11-7-4-5-9-12(11)13/h4-9,13,15H,10H2,1-3H3/t13-,17-/m0/s1. The SMILES string of the molecule is CC(C)(C)[S@](=O)N[C@H]1CC=Cc2ccccc21. The van der Waals surface area contributed by atoms with Crippen LogP contribution in [0.4, 0.5) is 0 Å². The van der Waals surface area contributed by atoms with E-state index in [1.165, 1.54) is 11.1 Å². The molecule has 0 saturated carbocycles. The highest BCUT2D eigenvalue weighted by Gasteiger charge is 2.24. The molecule has 1 aliphatic rings. The van der Waals surface area contributed by atoms with Crippen molar-refractivity contribution in [1.29, 1.82) is 0 Å². The quantitative estimate of drug-likeness (QED) is 0.857. The van der Waals surface area contributed by atoms with Crippen LogP contribution in [0.25, 0.3) is 6.08 Å². The fourth-order valence-corrected chi connectivity index (χ4v) is 2.69. The van der Waals surface area contributed by atoms with E-state index in [0.29, 0.717) is 0 Å². The molecule has 2 atom stereocenters. The van der Waals surface area contributed by atoms with E-state index in [-0.39, 0.29) is 10.8 Å². The van der Waals surface area contributed by atoms with Gasteiger partial charge in [0, 0.05) is 6.04 Å². The van der Waals surface area contributed by atoms with E-state index in [0.717, 1.165) is 6.42 Å². The third-order valence-electron chi connectivity index (χ3n) is 2.85. The Morgan fingerprint density at radius 3 is 2.71 bits per heavy atom. The van der Waals surface area contributed by atoms with Gasteiger partial charge in [-0.2, -0.15) is 0 Å². The Morgan fingerprint density at radius 2 is 2.00 bits per heavy atom. The van der Waals surface area contributed by atoms with E-state index in [1.54, 1.807) is 0 Å². The van der Waals surface area contributed by atoms with Crippen molar-refractivity contribution in [3.8, 4) is 0 Å². The van der Waals surface area contributed by atoms with Crippen molar-refractivity contribution >= 4 is 17.1 Å². The summed E-state index contributed by atoms with van der Waals surface area (Å²) in [4.78, 5) is 0. The van der Waals surface area contributed by atoms with Crippen molar-refractivity contribution in [2.24, 2.45) is 0 Å². The highest BCUT2D eigenvalue weighted by atomic mass is 32.2. The molecule has 1 aromatic carbocycles. The Bertz CT molecular complexity index is 460. The van der Waals surface area contributed by atoms with E-state index in [2.05, 4.69) is 29.0 Å². The van der Waals surface area contributed by atoms with Crippen LogP contribution in [-0.4, -0.2) is 8.96 Å². The third kappa shape index (κ3) is 2.85. The maximum atomic E-state index is 12.1. The molecule has 0 amide bonds. The molecule has 1 N–H and O–H groups in total. The predicted molar refractivity (Wildman–Crippen MR) is 73.9 cm³/mol. The van der Waals surface area contributed by atoms with Crippen molar-refractivity contribution in [3.63, 3.8) is 0 Å². The van der Waals surface area contributed by atoms with Gasteiger partial charge in [-0.05, 0) is 38.3 Å². The summed E-state index contributed by atoms with van der Waals surface area (Å²) in [6.45, 7) is 5.96. The number of benzene rings is 1. The molecule has 0 radical (unpaired) electrons. The Kier molecular flexibility index (Phi) is 3.50. The Hall–Kier alpha value is -0.930. The minimum absolute atomic E-state index is 0.163. The first-order valence-electron chi connectivity index (χ1n) is 5.92. The molecule has 2 rings (SSSR count). The van der Waals surface area contributed by atoms with Gasteiger partial charge >= 0.3 is 0 Å². The minimum atomic E-state index is -1.03. The molecule has 92 valence electrons. The first-order chi connectivity index (χ1) is 7.98. The van der Waals surface area contributed by atoms with Crippen LogP contribution in [-0.2, 0) is 11.0 Å². The van der Waals surface area contributed by atoms with Crippen molar-refractivity contribution in [3.05, 3.63) is 41.5 Å². The molecule has 1 aliphatic carbocycles. The lowest BCUT2D eigenvalue weighted by Gasteiger charge is -2.26. The van der Waals surface area contributed by atoms with Crippen molar-refractivity contribution in [2.45, 2.75) is 38.0 Å². The fraction of sp³-hybridized carbons (Fsp3) is 0.429. The second kappa shape index (κ2) is 4.75. The molecule has 0 fully saturated rings. The second-order valence-corrected chi connectivity index (χ2v) is 7.32. The lowest BCUT2D eigenvalue weighted by molar-refractivity contribution is 0.599. The molecular weight excluding hydrogens is 230 g/mol. The van der Waals surface area contributed by atoms with Gasteiger partial charge in [-0.1, -0.05) is 36.4 Å². The summed E-state index contributed by atoms with van der Waals surface area (Å²) in [6.07, 6.45) is 5.17. The van der Waals surface area contributed by atoms with Gasteiger partial charge in [0.1, 0.15) is 0 Å². The molecule has 3 heteroatoms. The first kappa shape index (κ1) is 12.5. The maximum Gasteiger partial charge on any atom is 0.0976 e. The summed E-state index contributed by atoms with van der Waals surface area (Å²) in [5.74, 6) is 0. The van der Waals surface area contributed by atoms with Crippen LogP contribution >= 0.6 is 0 Å². The zero-order chi connectivity index (χ0) is 12.5. The molecule has 0 heterocycles. The van der Waals surface area contributed by atoms with Crippen molar-refractivity contribution in [2.75, 3.05) is 0 Å². The van der Waals surface area contributed by atoms with Crippen LogP contribution in [0.5, 0.6) is 0 Å². The molecule has 1 aromatic rings. The molecule has 2 nitrogen and oxygen atoms in total. The zero-order valence-electron chi connectivity index (χ0n) is 10.6. The summed E-state index contributed by atoms with van der Waals surface area (Å²) in [7, 11) is -1.03. The normalized spacial score (nSPS) is 21.0. The number of rotatable bonds is 2. The van der Waals surface area contributed by atoms with Crippen LogP contribution in [0.15, 0.2) is 30.3 Å². The third-order valence-corrected chi connectivity index (χ3v) is 4.46. The van der Waals surface area contributed by atoms with E-state index in [9.17, 15) is 4.21 Å². The lowest BCUT2D eigenvalue weighted by Crippen LogP contribution is -2.36. The van der Waals surface area contributed by atoms with E-state index < -0.39 is 11.0 Å². The summed E-state index contributed by atoms with van der Waals surface area (Å²) in [5.41, 5.74) is 2.47. The molecule has 0 saturated heterocycles. The van der Waals surface area contributed by atoms with Crippen LogP contribution in [0.1, 0.15) is 44.4 Å². The summed E-state index contributed by atoms with van der Waals surface area (Å²) in [5, 5.41) is 0. The van der Waals surface area contributed by atoms with Gasteiger partial charge in [0.15, 0.2) is 0 Å². The van der Waals surface area contributed by atoms with E-state index in [1.807, 2.05) is 32.9 Å². The van der Waals surface area contributed by atoms with E-state index in [4.69, 9.17) is 0 Å². The minimum Gasteiger partial charge on any atom is -0.242 e. The molecule has 0 aromatic heterocycles. The van der Waals surface area contributed by atoms with Crippen LogP contribution in [0.3, 0.4) is 0 Å². The molecule has 0 aliphatic heterocycles. The summed E-state index contributed by atoms with van der Waals surface area (Å²) < 4.78 is 15.1. The number of hydrogen-bond acceptors (Lipinski definition) is 1. The number of nitrogens with one attached hydrogen (secondary N) is 1. The van der Waals surface area contributed by atoms with Crippen LogP contribution < -0.4 is 4.72 Å². The van der Waals surface area contributed by atoms with E-state index >= 15 is 0 Å². The van der Waals surface area contributed by atoms with Crippen molar-refractivity contribution < 1.29 is 4.21 Å². The maximum absolute atomic E-state index is 12.1. The highest BCUT2D eigenvalue weighted by molar-refractivity contribution is 7.84. The first-order valence-corrected chi connectivity index (χ1v) is 7.07. The average Bonchev–Trinajstić information content (AvgIpc) is 2.28. The second-order valence-electron chi connectivity index (χ2n) is 5.32. The zero-order valence-corrected chi connectivity index (χ0v) is 11.4. The average molecular weight is 249 g/mol. The van der Waals surface area contributed by atoms with Gasteiger partial charge in [-0.3, -0.25) is 0 Å². The van der Waals surface area contributed by atoms with Crippen LogP contribution in [0, 0.1) is 0 Å². The number of fused-ring (bicyclic) bond motifs is 1. The smallest absolute Gasteiger partial charge is 0.0976 e. The molecule has 0 spiro atoms. The van der Waals surface area contributed by atoms with Crippen molar-refractivity contribution in [1.82, 2.24) is 4.72 Å². The Balaban J connectivity index is 2.20. The summed E-state index contributed by atoms with van der Waals surface area (Å²) >= 11 is 0. The van der Waals surface area contributed by atoms with Gasteiger partial charge in [0.05, 0.1) is 15.7 Å². The Labute approximate surface area is 106 Å². The van der Waals surface area contributed by atoms with Gasteiger partial charge in [0.25, 0.3) is 0 Å². The molecular formula is C14H19NOS. The molecule has 0 unspecified atom stereocenters. The molecule has 0 bridgehead atoms. The van der Waals surface area contributed by atoms with Gasteiger partial charge in [0.2, 0.25) is 0 Å². The topological polar surface area (TPSA) is 29.1 Å². The van der Waals surface area contributed by atoms with Crippen LogP contribution in [0.2, 0.25) is 0 Å². The lowest BCUT2D eigenvalue weighted by atomic mass is 9.94. The predicted octanol–water partition coefficient (Wildman–Crippen LogP) is 3.20.